The molecule has 0 aromatic heterocycles. The number of carbonyl (C=O) groups excluding carboxylic acids is 1. The molecule has 0 radical (unpaired) electrons. The van der Waals surface area contributed by atoms with E-state index in [9.17, 15) is 9.59 Å². The van der Waals surface area contributed by atoms with Crippen molar-refractivity contribution < 1.29 is 14.7 Å². The highest BCUT2D eigenvalue weighted by Gasteiger charge is 2.13. The highest BCUT2D eigenvalue weighted by atomic mass is 16.4. The number of carboxylic acid groups (broad SMARTS) is 1. The van der Waals surface area contributed by atoms with Gasteiger partial charge in [0.1, 0.15) is 6.04 Å². The molecule has 9 nitrogen and oxygen atoms in total. The number of primary amides is 1. The van der Waals surface area contributed by atoms with Crippen LogP contribution in [-0.2, 0) is 16.0 Å². The Morgan fingerprint density at radius 1 is 1.24 bits per heavy atom. The largest absolute Gasteiger partial charge is 0.480 e. The highest BCUT2D eigenvalue weighted by molar-refractivity contribution is 5.79. The normalized spacial score (nSPS) is 12.2. The molecule has 0 fully saturated rings. The second-order valence-electron chi connectivity index (χ2n) is 5.36. The van der Waals surface area contributed by atoms with Gasteiger partial charge in [0.2, 0.25) is 5.91 Å². The predicted octanol–water partition coefficient (Wildman–Crippen LogP) is -1.04. The van der Waals surface area contributed by atoms with Crippen molar-refractivity contribution in [2.45, 2.75) is 31.3 Å². The number of likely N-dealkylation sites (N-methyl/N-ethyl adjacent to an activating group) is 1. The van der Waals surface area contributed by atoms with Crippen LogP contribution < -0.4 is 27.8 Å². The van der Waals surface area contributed by atoms with Crippen LogP contribution >= 0.6 is 0 Å². The van der Waals surface area contributed by atoms with Crippen LogP contribution in [0.15, 0.2) is 30.3 Å². The maximum Gasteiger partial charge on any atom is 0.320 e. The van der Waals surface area contributed by atoms with E-state index in [1.165, 1.54) is 0 Å². The number of amides is 1. The van der Waals surface area contributed by atoms with Gasteiger partial charge in [-0.2, -0.15) is 0 Å². The number of nitrogens with one attached hydrogen (secondary N) is 3. The Labute approximate surface area is 147 Å². The molecule has 140 valence electrons. The first-order chi connectivity index (χ1) is 11.8. The van der Waals surface area contributed by atoms with Crippen LogP contribution in [-0.4, -0.2) is 48.6 Å². The number of benzene rings is 1. The summed E-state index contributed by atoms with van der Waals surface area (Å²) < 4.78 is 0. The van der Waals surface area contributed by atoms with Gasteiger partial charge in [0.05, 0.1) is 6.04 Å². The molecule has 0 bridgehead atoms. The average Bonchev–Trinajstić information content (AvgIpc) is 2.55. The minimum absolute atomic E-state index is 0.0867. The Morgan fingerprint density at radius 2 is 1.84 bits per heavy atom. The monoisotopic (exact) mass is 352 g/mol. The molecule has 25 heavy (non-hydrogen) atoms. The first-order valence-electron chi connectivity index (χ1n) is 7.84. The van der Waals surface area contributed by atoms with Gasteiger partial charge in [-0.15, -0.1) is 0 Å². The van der Waals surface area contributed by atoms with Gasteiger partial charge in [0, 0.05) is 6.54 Å². The second-order valence-corrected chi connectivity index (χ2v) is 5.36. The van der Waals surface area contributed by atoms with E-state index in [1.54, 1.807) is 7.05 Å². The molecule has 0 saturated heterocycles. The van der Waals surface area contributed by atoms with Gasteiger partial charge in [-0.1, -0.05) is 30.3 Å². The second kappa shape index (κ2) is 12.7. The molecular weight excluding hydrogens is 324 g/mol. The summed E-state index contributed by atoms with van der Waals surface area (Å²) in [6, 6.07) is 8.47. The molecule has 0 heterocycles. The van der Waals surface area contributed by atoms with Gasteiger partial charge in [0.25, 0.3) is 0 Å². The van der Waals surface area contributed by atoms with Crippen LogP contribution in [0, 0.1) is 5.41 Å². The predicted molar refractivity (Wildman–Crippen MR) is 97.0 cm³/mol. The van der Waals surface area contributed by atoms with Gasteiger partial charge in [-0.3, -0.25) is 15.0 Å². The van der Waals surface area contributed by atoms with Crippen molar-refractivity contribution in [3.8, 4) is 0 Å². The third kappa shape index (κ3) is 11.5. The van der Waals surface area contributed by atoms with Gasteiger partial charge in [-0.25, -0.2) is 0 Å². The first kappa shape index (κ1) is 22.4. The summed E-state index contributed by atoms with van der Waals surface area (Å²) in [6.45, 7) is 0.529. The zero-order valence-corrected chi connectivity index (χ0v) is 14.4. The van der Waals surface area contributed by atoms with Crippen LogP contribution in [0.5, 0.6) is 0 Å². The molecule has 2 atom stereocenters. The Morgan fingerprint density at radius 3 is 2.28 bits per heavy atom. The van der Waals surface area contributed by atoms with E-state index in [0.29, 0.717) is 25.8 Å². The van der Waals surface area contributed by atoms with Crippen molar-refractivity contribution in [3.05, 3.63) is 35.9 Å². The zero-order chi connectivity index (χ0) is 19.2. The molecule has 1 aromatic rings. The van der Waals surface area contributed by atoms with E-state index in [-0.39, 0.29) is 5.96 Å². The molecule has 1 amide bonds. The summed E-state index contributed by atoms with van der Waals surface area (Å²) in [5.41, 5.74) is 16.6. The third-order valence-corrected chi connectivity index (χ3v) is 3.30. The quantitative estimate of drug-likeness (QED) is 0.168. The van der Waals surface area contributed by atoms with Gasteiger partial charge < -0.3 is 32.9 Å². The maximum atomic E-state index is 10.6. The van der Waals surface area contributed by atoms with E-state index >= 15 is 0 Å². The van der Waals surface area contributed by atoms with Crippen LogP contribution in [0.25, 0.3) is 0 Å². The minimum atomic E-state index is -0.856. The van der Waals surface area contributed by atoms with Crippen LogP contribution in [0.1, 0.15) is 18.4 Å². The van der Waals surface area contributed by atoms with E-state index in [2.05, 4.69) is 10.6 Å². The lowest BCUT2D eigenvalue weighted by Crippen LogP contribution is -2.38. The van der Waals surface area contributed by atoms with Crippen molar-refractivity contribution in [2.75, 3.05) is 13.6 Å². The van der Waals surface area contributed by atoms with E-state index in [4.69, 9.17) is 27.7 Å². The molecule has 0 spiro atoms. The standard InChI is InChI=1S/C9H12N2O.C7H16N4O2/c10-8(9(11)12)6-7-4-2-1-3-5-7;1-10-5(6(12)13)3-2-4-11-7(8)9/h1-5,8H,6,10H2,(H2,11,12);5,10H,2-4H2,1H3,(H,12,13)(H4,8,9,11)/t8-;5-/m00/s1. The molecule has 0 aliphatic heterocycles. The smallest absolute Gasteiger partial charge is 0.320 e. The van der Waals surface area contributed by atoms with Gasteiger partial charge in [-0.05, 0) is 31.9 Å². The van der Waals surface area contributed by atoms with Gasteiger partial charge in [0.15, 0.2) is 5.96 Å². The molecule has 10 N–H and O–H groups in total. The average molecular weight is 352 g/mol. The summed E-state index contributed by atoms with van der Waals surface area (Å²) in [7, 11) is 1.61. The number of rotatable bonds is 9. The fourth-order valence-electron chi connectivity index (χ4n) is 1.89. The molecule has 0 saturated carbocycles. The van der Waals surface area contributed by atoms with E-state index in [1.807, 2.05) is 30.3 Å². The number of aliphatic carboxylic acids is 1. The molecule has 9 heteroatoms. The Hall–Kier alpha value is -2.65. The SMILES string of the molecule is CN[C@@H](CCCNC(=N)N)C(=O)O.NC(=O)[C@@H](N)Cc1ccccc1. The minimum Gasteiger partial charge on any atom is -0.480 e. The van der Waals surface area contributed by atoms with Crippen molar-refractivity contribution in [1.29, 1.82) is 5.41 Å². The fraction of sp³-hybridized carbons (Fsp3) is 0.438. The lowest BCUT2D eigenvalue weighted by molar-refractivity contribution is -0.139. The third-order valence-electron chi connectivity index (χ3n) is 3.30. The number of nitrogens with two attached hydrogens (primary N) is 3. The lowest BCUT2D eigenvalue weighted by atomic mass is 10.1. The lowest BCUT2D eigenvalue weighted by Gasteiger charge is -2.10. The fourth-order valence-corrected chi connectivity index (χ4v) is 1.89. The summed E-state index contributed by atoms with van der Waals surface area (Å²) in [4.78, 5) is 21.1. The number of carbonyl (C=O) groups is 2. The van der Waals surface area contributed by atoms with E-state index < -0.39 is 24.0 Å². The molecular formula is C16H28N6O3. The molecule has 1 aromatic carbocycles. The number of guanidine groups is 1. The van der Waals surface area contributed by atoms with E-state index in [0.717, 1.165) is 5.56 Å². The number of hydrogen-bond acceptors (Lipinski definition) is 5. The summed E-state index contributed by atoms with van der Waals surface area (Å²) in [5.74, 6) is -1.40. The Bertz CT molecular complexity index is 538. The maximum absolute atomic E-state index is 10.6. The van der Waals surface area contributed by atoms with Crippen LogP contribution in [0.2, 0.25) is 0 Å². The van der Waals surface area contributed by atoms with Crippen LogP contribution in [0.4, 0.5) is 0 Å². The summed E-state index contributed by atoms with van der Waals surface area (Å²) in [5, 5.41) is 20.8. The Balaban J connectivity index is 0.000000462. The summed E-state index contributed by atoms with van der Waals surface area (Å²) >= 11 is 0. The molecule has 1 rings (SSSR count). The topological polar surface area (TPSA) is 180 Å². The molecule has 0 unspecified atom stereocenters. The van der Waals surface area contributed by atoms with Crippen molar-refractivity contribution in [2.24, 2.45) is 17.2 Å². The van der Waals surface area contributed by atoms with Crippen molar-refractivity contribution in [1.82, 2.24) is 10.6 Å². The Kier molecular flexibility index (Phi) is 11.4. The molecule has 0 aliphatic carbocycles. The number of carboxylic acids is 1. The van der Waals surface area contributed by atoms with Crippen molar-refractivity contribution in [3.63, 3.8) is 0 Å². The summed E-state index contributed by atoms with van der Waals surface area (Å²) in [6.07, 6.45) is 1.69. The van der Waals surface area contributed by atoms with Crippen molar-refractivity contribution >= 4 is 17.8 Å². The first-order valence-corrected chi connectivity index (χ1v) is 7.84. The molecule has 0 aliphatic rings. The highest BCUT2D eigenvalue weighted by Crippen LogP contribution is 2.00. The van der Waals surface area contributed by atoms with Crippen LogP contribution in [0.3, 0.4) is 0 Å². The van der Waals surface area contributed by atoms with Gasteiger partial charge >= 0.3 is 5.97 Å². The number of hydrogen-bond donors (Lipinski definition) is 7. The zero-order valence-electron chi connectivity index (χ0n) is 14.4.